The van der Waals surface area contributed by atoms with Gasteiger partial charge in [-0.25, -0.2) is 0 Å². The van der Waals surface area contributed by atoms with Crippen LogP contribution in [0.3, 0.4) is 0 Å². The summed E-state index contributed by atoms with van der Waals surface area (Å²) in [4.78, 5) is 12.4. The molecule has 1 fully saturated rings. The van der Waals surface area contributed by atoms with E-state index in [0.717, 1.165) is 41.7 Å². The summed E-state index contributed by atoms with van der Waals surface area (Å²) in [6.45, 7) is 1.45. The molecule has 3 aromatic rings. The molecule has 0 bridgehead atoms. The Morgan fingerprint density at radius 2 is 2.12 bits per heavy atom. The zero-order chi connectivity index (χ0) is 17.8. The Labute approximate surface area is 156 Å². The van der Waals surface area contributed by atoms with Crippen LogP contribution >= 0.6 is 11.8 Å². The second-order valence-electron chi connectivity index (χ2n) is 6.24. The molecular formula is C19H20N4O2S. The van der Waals surface area contributed by atoms with E-state index in [1.165, 1.54) is 11.8 Å². The maximum absolute atomic E-state index is 12.4. The van der Waals surface area contributed by atoms with Gasteiger partial charge >= 0.3 is 0 Å². The van der Waals surface area contributed by atoms with Crippen molar-refractivity contribution in [3.05, 3.63) is 54.5 Å². The van der Waals surface area contributed by atoms with Crippen molar-refractivity contribution in [1.82, 2.24) is 20.1 Å². The summed E-state index contributed by atoms with van der Waals surface area (Å²) >= 11 is 1.44. The zero-order valence-corrected chi connectivity index (χ0v) is 15.1. The number of hydrogen-bond donors (Lipinski definition) is 1. The first-order valence-electron chi connectivity index (χ1n) is 8.71. The molecule has 6 nitrogen and oxygen atoms in total. The van der Waals surface area contributed by atoms with Crippen molar-refractivity contribution < 1.29 is 9.21 Å². The molecule has 26 heavy (non-hydrogen) atoms. The highest BCUT2D eigenvalue weighted by atomic mass is 32.2. The highest BCUT2D eigenvalue weighted by Crippen LogP contribution is 2.25. The number of carbonyl (C=O) groups is 1. The van der Waals surface area contributed by atoms with Crippen LogP contribution in [0.25, 0.3) is 11.4 Å². The van der Waals surface area contributed by atoms with Crippen molar-refractivity contribution in [3.8, 4) is 11.4 Å². The Kier molecular flexibility index (Phi) is 5.17. The number of nitrogens with zero attached hydrogens (tertiary/aromatic N) is 3. The first-order valence-corrected chi connectivity index (χ1v) is 9.70. The third-order valence-electron chi connectivity index (χ3n) is 4.44. The number of aromatic nitrogens is 3. The van der Waals surface area contributed by atoms with Gasteiger partial charge in [-0.2, -0.15) is 0 Å². The monoisotopic (exact) mass is 368 g/mol. The second kappa shape index (κ2) is 7.88. The van der Waals surface area contributed by atoms with Crippen molar-refractivity contribution in [2.45, 2.75) is 30.6 Å². The first kappa shape index (κ1) is 17.1. The summed E-state index contributed by atoms with van der Waals surface area (Å²) in [6, 6.07) is 13.7. The predicted octanol–water partition coefficient (Wildman–Crippen LogP) is 3.00. The van der Waals surface area contributed by atoms with Gasteiger partial charge in [0.05, 0.1) is 24.6 Å². The maximum atomic E-state index is 12.4. The van der Waals surface area contributed by atoms with Gasteiger partial charge < -0.3 is 9.73 Å². The van der Waals surface area contributed by atoms with Crippen molar-refractivity contribution in [3.63, 3.8) is 0 Å². The highest BCUT2D eigenvalue weighted by Gasteiger charge is 2.23. The predicted molar refractivity (Wildman–Crippen MR) is 100 cm³/mol. The Bertz CT molecular complexity index is 855. The van der Waals surface area contributed by atoms with Crippen LogP contribution in [0.15, 0.2) is 58.3 Å². The molecule has 0 saturated carbocycles. The molecular weight excluding hydrogens is 348 g/mol. The Morgan fingerprint density at radius 3 is 2.85 bits per heavy atom. The quantitative estimate of drug-likeness (QED) is 0.647. The number of furan rings is 1. The normalized spacial score (nSPS) is 16.8. The van der Waals surface area contributed by atoms with E-state index in [1.807, 2.05) is 47.0 Å². The van der Waals surface area contributed by atoms with Gasteiger partial charge in [-0.3, -0.25) is 9.36 Å². The van der Waals surface area contributed by atoms with E-state index in [1.54, 1.807) is 6.26 Å². The average Bonchev–Trinajstić information content (AvgIpc) is 3.43. The van der Waals surface area contributed by atoms with Crippen LogP contribution in [-0.2, 0) is 11.3 Å². The summed E-state index contributed by atoms with van der Waals surface area (Å²) in [6.07, 6.45) is 3.64. The molecule has 7 heteroatoms. The van der Waals surface area contributed by atoms with Crippen molar-refractivity contribution in [2.24, 2.45) is 0 Å². The van der Waals surface area contributed by atoms with Gasteiger partial charge in [0, 0.05) is 5.56 Å². The number of carbonyl (C=O) groups excluding carboxylic acids is 1. The fourth-order valence-electron chi connectivity index (χ4n) is 3.09. The summed E-state index contributed by atoms with van der Waals surface area (Å²) in [5, 5.41) is 12.7. The minimum Gasteiger partial charge on any atom is -0.467 e. The number of ketones is 1. The topological polar surface area (TPSA) is 73.0 Å². The SMILES string of the molecule is O=C(CSc1nnc(-c2ccccc2)n1Cc1ccco1)C1CCCN1. The van der Waals surface area contributed by atoms with Crippen LogP contribution in [0, 0.1) is 0 Å². The lowest BCUT2D eigenvalue weighted by Crippen LogP contribution is -2.32. The molecule has 1 aliphatic rings. The van der Waals surface area contributed by atoms with Gasteiger partial charge in [0.1, 0.15) is 5.76 Å². The molecule has 1 aliphatic heterocycles. The fourth-order valence-corrected chi connectivity index (χ4v) is 3.97. The van der Waals surface area contributed by atoms with Crippen LogP contribution in [0.1, 0.15) is 18.6 Å². The number of rotatable bonds is 7. The molecule has 134 valence electrons. The molecule has 0 amide bonds. The van der Waals surface area contributed by atoms with Crippen molar-refractivity contribution in [2.75, 3.05) is 12.3 Å². The average molecular weight is 368 g/mol. The van der Waals surface area contributed by atoms with Crippen LogP contribution in [0.5, 0.6) is 0 Å². The standard InChI is InChI=1S/C19H20N4O2S/c24-17(16-9-4-10-20-16)13-26-19-22-21-18(14-6-2-1-3-7-14)23(19)12-15-8-5-11-25-15/h1-3,5-8,11,16,20H,4,9-10,12-13H2. The third kappa shape index (κ3) is 3.73. The molecule has 2 aromatic heterocycles. The molecule has 4 rings (SSSR count). The molecule has 3 heterocycles. The minimum atomic E-state index is -0.0162. The summed E-state index contributed by atoms with van der Waals surface area (Å²) < 4.78 is 7.51. The smallest absolute Gasteiger partial charge is 0.192 e. The second-order valence-corrected chi connectivity index (χ2v) is 7.18. The zero-order valence-electron chi connectivity index (χ0n) is 14.3. The van der Waals surface area contributed by atoms with Gasteiger partial charge in [-0.1, -0.05) is 42.1 Å². The van der Waals surface area contributed by atoms with E-state index in [-0.39, 0.29) is 11.8 Å². The van der Waals surface area contributed by atoms with Crippen molar-refractivity contribution >= 4 is 17.5 Å². The third-order valence-corrected chi connectivity index (χ3v) is 5.42. The van der Waals surface area contributed by atoms with E-state index < -0.39 is 0 Å². The van der Waals surface area contributed by atoms with E-state index in [0.29, 0.717) is 12.3 Å². The highest BCUT2D eigenvalue weighted by molar-refractivity contribution is 7.99. The minimum absolute atomic E-state index is 0.0162. The number of hydrogen-bond acceptors (Lipinski definition) is 6. The van der Waals surface area contributed by atoms with Gasteiger partial charge in [0.15, 0.2) is 16.8 Å². The lowest BCUT2D eigenvalue weighted by molar-refractivity contribution is -0.118. The number of Topliss-reactive ketones (excluding diaryl/α,β-unsaturated/α-hetero) is 1. The molecule has 0 radical (unpaired) electrons. The van der Waals surface area contributed by atoms with Crippen LogP contribution in [-0.4, -0.2) is 38.9 Å². The first-order chi connectivity index (χ1) is 12.8. The molecule has 1 atom stereocenters. The summed E-state index contributed by atoms with van der Waals surface area (Å²) in [5.41, 5.74) is 0.988. The van der Waals surface area contributed by atoms with E-state index in [4.69, 9.17) is 4.42 Å². The molecule has 0 aliphatic carbocycles. The maximum Gasteiger partial charge on any atom is 0.192 e. The number of thioether (sulfide) groups is 1. The molecule has 0 spiro atoms. The van der Waals surface area contributed by atoms with Crippen LogP contribution in [0.4, 0.5) is 0 Å². The molecule has 1 saturated heterocycles. The van der Waals surface area contributed by atoms with Crippen LogP contribution < -0.4 is 5.32 Å². The fraction of sp³-hybridized carbons (Fsp3) is 0.316. The van der Waals surface area contributed by atoms with Gasteiger partial charge in [-0.15, -0.1) is 10.2 Å². The van der Waals surface area contributed by atoms with Gasteiger partial charge in [0.2, 0.25) is 0 Å². The summed E-state index contributed by atoms with van der Waals surface area (Å²) in [7, 11) is 0. The number of benzene rings is 1. The van der Waals surface area contributed by atoms with Gasteiger partial charge in [0.25, 0.3) is 0 Å². The Hall–Kier alpha value is -2.38. The van der Waals surface area contributed by atoms with E-state index in [2.05, 4.69) is 15.5 Å². The molecule has 1 unspecified atom stereocenters. The molecule has 1 aromatic carbocycles. The van der Waals surface area contributed by atoms with E-state index in [9.17, 15) is 4.79 Å². The molecule has 1 N–H and O–H groups in total. The Balaban J connectivity index is 1.57. The Morgan fingerprint density at radius 1 is 1.23 bits per heavy atom. The lowest BCUT2D eigenvalue weighted by atomic mass is 10.2. The largest absolute Gasteiger partial charge is 0.467 e. The van der Waals surface area contributed by atoms with Crippen molar-refractivity contribution in [1.29, 1.82) is 0 Å². The van der Waals surface area contributed by atoms with Crippen LogP contribution in [0.2, 0.25) is 0 Å². The lowest BCUT2D eigenvalue weighted by Gasteiger charge is -2.10. The van der Waals surface area contributed by atoms with Gasteiger partial charge in [-0.05, 0) is 31.5 Å². The van der Waals surface area contributed by atoms with E-state index >= 15 is 0 Å². The summed E-state index contributed by atoms with van der Waals surface area (Å²) in [5.74, 6) is 2.22. The number of nitrogens with one attached hydrogen (secondary N) is 1.